The van der Waals surface area contributed by atoms with Gasteiger partial charge >= 0.3 is 11.9 Å². The summed E-state index contributed by atoms with van der Waals surface area (Å²) >= 11 is 0. The first kappa shape index (κ1) is 20.9. The smallest absolute Gasteiger partial charge is 0.308 e. The minimum absolute atomic E-state index is 0.127. The van der Waals surface area contributed by atoms with Gasteiger partial charge in [0, 0.05) is 20.0 Å². The fourth-order valence-corrected chi connectivity index (χ4v) is 3.11. The van der Waals surface area contributed by atoms with Gasteiger partial charge in [0.15, 0.2) is 0 Å². The molecule has 1 heterocycles. The number of hydrogen-bond acceptors (Lipinski definition) is 6. The zero-order chi connectivity index (χ0) is 19.6. The Bertz CT molecular complexity index is 627. The van der Waals surface area contributed by atoms with Gasteiger partial charge in [0.25, 0.3) is 0 Å². The van der Waals surface area contributed by atoms with Gasteiger partial charge in [0.1, 0.15) is 6.61 Å². The molecule has 2 N–H and O–H groups in total. The fourth-order valence-electron chi connectivity index (χ4n) is 3.11. The first-order valence-corrected chi connectivity index (χ1v) is 9.33. The first-order valence-electron chi connectivity index (χ1n) is 9.33. The summed E-state index contributed by atoms with van der Waals surface area (Å²) in [5, 5.41) is 0. The molecule has 7 heteroatoms. The first-order chi connectivity index (χ1) is 13.0. The van der Waals surface area contributed by atoms with E-state index >= 15 is 0 Å². The van der Waals surface area contributed by atoms with Crippen LogP contribution in [0, 0.1) is 5.92 Å². The van der Waals surface area contributed by atoms with Crippen LogP contribution in [0.4, 0.5) is 0 Å². The van der Waals surface area contributed by atoms with Crippen molar-refractivity contribution in [3.05, 3.63) is 35.9 Å². The van der Waals surface area contributed by atoms with Crippen LogP contribution in [0.1, 0.15) is 38.2 Å². The largest absolute Gasteiger partial charge is 0.466 e. The molecule has 0 radical (unpaired) electrons. The van der Waals surface area contributed by atoms with Crippen molar-refractivity contribution in [2.45, 2.75) is 45.3 Å². The Hall–Kier alpha value is -2.41. The summed E-state index contributed by atoms with van der Waals surface area (Å²) in [4.78, 5) is 36.9. The lowest BCUT2D eigenvalue weighted by molar-refractivity contribution is -0.148. The van der Waals surface area contributed by atoms with Crippen LogP contribution in [0.5, 0.6) is 0 Å². The van der Waals surface area contributed by atoms with Gasteiger partial charge in [-0.15, -0.1) is 0 Å². The third-order valence-corrected chi connectivity index (χ3v) is 4.70. The summed E-state index contributed by atoms with van der Waals surface area (Å²) < 4.78 is 10.2. The second-order valence-corrected chi connectivity index (χ2v) is 6.85. The maximum atomic E-state index is 12.4. The predicted octanol–water partition coefficient (Wildman–Crippen LogP) is 1.64. The normalized spacial score (nSPS) is 15.9. The lowest BCUT2D eigenvalue weighted by Gasteiger charge is -2.33. The summed E-state index contributed by atoms with van der Waals surface area (Å²) in [6.45, 7) is 3.20. The molecule has 1 aromatic carbocycles. The molecule has 1 aliphatic rings. The van der Waals surface area contributed by atoms with Crippen LogP contribution >= 0.6 is 0 Å². The maximum absolute atomic E-state index is 12.4. The van der Waals surface area contributed by atoms with Crippen LogP contribution in [-0.4, -0.2) is 48.5 Å². The van der Waals surface area contributed by atoms with E-state index in [1.165, 1.54) is 6.92 Å². The Morgan fingerprint density at radius 3 is 2.44 bits per heavy atom. The monoisotopic (exact) mass is 376 g/mol. The number of ether oxygens (including phenoxy) is 2. The van der Waals surface area contributed by atoms with Crippen molar-refractivity contribution in [1.29, 1.82) is 0 Å². The van der Waals surface area contributed by atoms with E-state index in [9.17, 15) is 14.4 Å². The average molecular weight is 376 g/mol. The van der Waals surface area contributed by atoms with Crippen molar-refractivity contribution in [1.82, 2.24) is 4.90 Å². The highest BCUT2D eigenvalue weighted by molar-refractivity contribution is 5.86. The molecule has 1 aliphatic heterocycles. The van der Waals surface area contributed by atoms with Crippen LogP contribution in [0.25, 0.3) is 0 Å². The summed E-state index contributed by atoms with van der Waals surface area (Å²) in [5.74, 6) is -0.533. The van der Waals surface area contributed by atoms with E-state index in [0.29, 0.717) is 25.6 Å². The second-order valence-electron chi connectivity index (χ2n) is 6.85. The molecular formula is C20H28N2O5. The minimum Gasteiger partial charge on any atom is -0.466 e. The van der Waals surface area contributed by atoms with Gasteiger partial charge in [-0.05, 0) is 30.7 Å². The Morgan fingerprint density at radius 1 is 1.15 bits per heavy atom. The van der Waals surface area contributed by atoms with Crippen molar-refractivity contribution < 1.29 is 23.9 Å². The molecule has 0 unspecified atom stereocenters. The Labute approximate surface area is 159 Å². The van der Waals surface area contributed by atoms with Gasteiger partial charge in [-0.2, -0.15) is 0 Å². The SMILES string of the molecule is CC(=O)OCCC1CCN(C(=O)[C@@H](N)CC(=O)OCc2ccccc2)CC1. The number of piperidine rings is 1. The average Bonchev–Trinajstić information content (AvgIpc) is 2.67. The summed E-state index contributed by atoms with van der Waals surface area (Å²) in [7, 11) is 0. The number of amides is 1. The molecule has 2 rings (SSSR count). The number of carbonyl (C=O) groups is 3. The molecular weight excluding hydrogens is 348 g/mol. The van der Waals surface area contributed by atoms with E-state index in [-0.39, 0.29) is 24.9 Å². The highest BCUT2D eigenvalue weighted by Gasteiger charge is 2.28. The predicted molar refractivity (Wildman–Crippen MR) is 99.4 cm³/mol. The number of rotatable bonds is 8. The molecule has 0 aliphatic carbocycles. The molecule has 0 aromatic heterocycles. The second kappa shape index (κ2) is 10.7. The minimum atomic E-state index is -0.883. The van der Waals surface area contributed by atoms with E-state index in [1.54, 1.807) is 4.90 Å². The standard InChI is InChI=1S/C20H28N2O5/c1-15(23)26-12-9-16-7-10-22(11-8-16)20(25)18(21)13-19(24)27-14-17-5-3-2-4-6-17/h2-6,16,18H,7-14,21H2,1H3/t18-/m0/s1. The van der Waals surface area contributed by atoms with Crippen LogP contribution in [0.15, 0.2) is 30.3 Å². The zero-order valence-corrected chi connectivity index (χ0v) is 15.8. The number of nitrogens with zero attached hydrogens (tertiary/aromatic N) is 1. The number of nitrogens with two attached hydrogens (primary N) is 1. The third kappa shape index (κ3) is 7.38. The van der Waals surface area contributed by atoms with Crippen molar-refractivity contribution in [3.8, 4) is 0 Å². The van der Waals surface area contributed by atoms with E-state index in [2.05, 4.69) is 0 Å². The van der Waals surface area contributed by atoms with Gasteiger partial charge in [0.05, 0.1) is 19.1 Å². The van der Waals surface area contributed by atoms with Crippen LogP contribution < -0.4 is 5.73 Å². The van der Waals surface area contributed by atoms with Gasteiger partial charge in [-0.1, -0.05) is 30.3 Å². The number of carbonyl (C=O) groups excluding carboxylic acids is 3. The Morgan fingerprint density at radius 2 is 1.81 bits per heavy atom. The molecule has 0 bridgehead atoms. The highest BCUT2D eigenvalue weighted by atomic mass is 16.5. The van der Waals surface area contributed by atoms with E-state index in [0.717, 1.165) is 24.8 Å². The van der Waals surface area contributed by atoms with Crippen molar-refractivity contribution in [3.63, 3.8) is 0 Å². The van der Waals surface area contributed by atoms with Gasteiger partial charge < -0.3 is 20.1 Å². The van der Waals surface area contributed by atoms with Gasteiger partial charge in [-0.25, -0.2) is 0 Å². The number of hydrogen-bond donors (Lipinski definition) is 1. The molecule has 0 saturated carbocycles. The number of esters is 2. The third-order valence-electron chi connectivity index (χ3n) is 4.70. The molecule has 1 aromatic rings. The Balaban J connectivity index is 1.67. The lowest BCUT2D eigenvalue weighted by Crippen LogP contribution is -2.48. The fraction of sp³-hybridized carbons (Fsp3) is 0.550. The zero-order valence-electron chi connectivity index (χ0n) is 15.8. The maximum Gasteiger partial charge on any atom is 0.308 e. The summed E-state index contributed by atoms with van der Waals surface area (Å²) in [5.41, 5.74) is 6.81. The highest BCUT2D eigenvalue weighted by Crippen LogP contribution is 2.21. The molecule has 1 amide bonds. The molecule has 1 saturated heterocycles. The summed E-state index contributed by atoms with van der Waals surface area (Å²) in [6.07, 6.45) is 2.37. The molecule has 27 heavy (non-hydrogen) atoms. The van der Waals surface area contributed by atoms with E-state index < -0.39 is 12.0 Å². The number of likely N-dealkylation sites (tertiary alicyclic amines) is 1. The molecule has 1 atom stereocenters. The van der Waals surface area contributed by atoms with E-state index in [1.807, 2.05) is 30.3 Å². The van der Waals surface area contributed by atoms with E-state index in [4.69, 9.17) is 15.2 Å². The molecule has 148 valence electrons. The van der Waals surface area contributed by atoms with Crippen LogP contribution in [0.2, 0.25) is 0 Å². The lowest BCUT2D eigenvalue weighted by atomic mass is 9.93. The topological polar surface area (TPSA) is 98.9 Å². The van der Waals surface area contributed by atoms with Gasteiger partial charge in [0.2, 0.25) is 5.91 Å². The van der Waals surface area contributed by atoms with Crippen molar-refractivity contribution in [2.24, 2.45) is 11.7 Å². The van der Waals surface area contributed by atoms with Crippen molar-refractivity contribution in [2.75, 3.05) is 19.7 Å². The van der Waals surface area contributed by atoms with Crippen LogP contribution in [-0.2, 0) is 30.5 Å². The van der Waals surface area contributed by atoms with Crippen molar-refractivity contribution >= 4 is 17.8 Å². The Kier molecular flexibility index (Phi) is 8.26. The molecule has 7 nitrogen and oxygen atoms in total. The quantitative estimate of drug-likeness (QED) is 0.693. The summed E-state index contributed by atoms with van der Waals surface area (Å²) in [6, 6.07) is 8.47. The van der Waals surface area contributed by atoms with Gasteiger partial charge in [-0.3, -0.25) is 14.4 Å². The molecule has 0 spiro atoms. The number of benzene rings is 1. The molecule has 1 fully saturated rings. The van der Waals surface area contributed by atoms with Crippen LogP contribution in [0.3, 0.4) is 0 Å².